The molecule has 0 saturated heterocycles. The zero-order valence-electron chi connectivity index (χ0n) is 21.2. The van der Waals surface area contributed by atoms with Crippen LogP contribution in [0.4, 0.5) is 0 Å². The molecule has 0 saturated carbocycles. The standard InChI is InChI=1S/C34H20N4OS/c39-40-31-19-21(37-29-11-3-1-7-23(29)27-9-5-17-35-33(27)37)13-15-25(31)26-16-14-22(20-32(26)40)38-30-12-4-2-8-24(30)28-10-6-18-36-34(28)38/h1-20H. The van der Waals surface area contributed by atoms with Gasteiger partial charge >= 0.3 is 0 Å². The monoisotopic (exact) mass is 532 g/mol. The van der Waals surface area contributed by atoms with Crippen LogP contribution in [-0.2, 0) is 10.8 Å². The van der Waals surface area contributed by atoms with Crippen LogP contribution in [0.3, 0.4) is 0 Å². The van der Waals surface area contributed by atoms with Gasteiger partial charge in [-0.05, 0) is 71.8 Å². The van der Waals surface area contributed by atoms with Crippen molar-refractivity contribution in [1.29, 1.82) is 0 Å². The molecule has 0 fully saturated rings. The Hall–Kier alpha value is -5.07. The smallest absolute Gasteiger partial charge is 0.145 e. The second-order valence-corrected chi connectivity index (χ2v) is 11.5. The molecule has 8 aromatic rings. The highest BCUT2D eigenvalue weighted by molar-refractivity contribution is 7.85. The van der Waals surface area contributed by atoms with Gasteiger partial charge in [-0.15, -0.1) is 0 Å². The number of aromatic nitrogens is 4. The fourth-order valence-electron chi connectivity index (χ4n) is 6.28. The highest BCUT2D eigenvalue weighted by Gasteiger charge is 2.28. The van der Waals surface area contributed by atoms with Crippen LogP contribution in [0, 0.1) is 0 Å². The van der Waals surface area contributed by atoms with Crippen molar-refractivity contribution in [3.8, 4) is 22.5 Å². The fourth-order valence-corrected chi connectivity index (χ4v) is 7.73. The molecule has 1 aliphatic rings. The molecule has 6 heteroatoms. The minimum Gasteiger partial charge on any atom is -0.294 e. The molecule has 0 radical (unpaired) electrons. The maximum absolute atomic E-state index is 14.0. The average molecular weight is 533 g/mol. The molecule has 0 aliphatic carbocycles. The third kappa shape index (κ3) is 2.83. The highest BCUT2D eigenvalue weighted by atomic mass is 32.2. The molecule has 1 aliphatic heterocycles. The maximum Gasteiger partial charge on any atom is 0.145 e. The Bertz CT molecular complexity index is 2090. The summed E-state index contributed by atoms with van der Waals surface area (Å²) >= 11 is 0. The van der Waals surface area contributed by atoms with Gasteiger partial charge in [-0.25, -0.2) is 14.2 Å². The van der Waals surface area contributed by atoms with Crippen LogP contribution >= 0.6 is 0 Å². The summed E-state index contributed by atoms with van der Waals surface area (Å²) in [7, 11) is -1.32. The molecule has 4 aromatic carbocycles. The van der Waals surface area contributed by atoms with Gasteiger partial charge in [-0.3, -0.25) is 9.13 Å². The molecule has 0 N–H and O–H groups in total. The van der Waals surface area contributed by atoms with Gasteiger partial charge in [0.05, 0.1) is 31.6 Å². The first-order chi connectivity index (χ1) is 19.8. The number of fused-ring (bicyclic) bond motifs is 9. The summed E-state index contributed by atoms with van der Waals surface area (Å²) in [6.45, 7) is 0. The Morgan fingerprint density at radius 2 is 0.950 bits per heavy atom. The van der Waals surface area contributed by atoms with E-state index < -0.39 is 10.8 Å². The molecule has 188 valence electrons. The third-order valence-electron chi connectivity index (χ3n) is 8.00. The van der Waals surface area contributed by atoms with E-state index in [-0.39, 0.29) is 0 Å². The molecule has 40 heavy (non-hydrogen) atoms. The van der Waals surface area contributed by atoms with E-state index in [2.05, 4.69) is 94.1 Å². The number of para-hydroxylation sites is 2. The molecule has 0 atom stereocenters. The molecule has 0 amide bonds. The van der Waals surface area contributed by atoms with Gasteiger partial charge < -0.3 is 0 Å². The van der Waals surface area contributed by atoms with E-state index in [4.69, 9.17) is 9.97 Å². The third-order valence-corrected chi connectivity index (χ3v) is 9.48. The SMILES string of the molecule is O=S1c2cc(-n3c4ccccc4c4cccnc43)ccc2-c2ccc(-n3c4ccccc4c4cccnc43)cc21. The molecular weight excluding hydrogens is 512 g/mol. The number of rotatable bonds is 2. The van der Waals surface area contributed by atoms with Crippen molar-refractivity contribution in [3.05, 3.63) is 122 Å². The van der Waals surface area contributed by atoms with Gasteiger partial charge in [0.2, 0.25) is 0 Å². The summed E-state index contributed by atoms with van der Waals surface area (Å²) in [5.41, 5.74) is 7.89. The van der Waals surface area contributed by atoms with Gasteiger partial charge in [0, 0.05) is 45.3 Å². The number of hydrogen-bond donors (Lipinski definition) is 0. The van der Waals surface area contributed by atoms with Crippen LogP contribution in [0.1, 0.15) is 0 Å². The molecule has 5 heterocycles. The van der Waals surface area contributed by atoms with Gasteiger partial charge in [-0.1, -0.05) is 48.5 Å². The van der Waals surface area contributed by atoms with Crippen molar-refractivity contribution in [2.24, 2.45) is 0 Å². The molecule has 0 spiro atoms. The van der Waals surface area contributed by atoms with E-state index in [9.17, 15) is 4.21 Å². The lowest BCUT2D eigenvalue weighted by Crippen LogP contribution is -1.97. The van der Waals surface area contributed by atoms with Crippen LogP contribution in [0.2, 0.25) is 0 Å². The Kier molecular flexibility index (Phi) is 4.35. The van der Waals surface area contributed by atoms with Crippen molar-refractivity contribution in [2.75, 3.05) is 0 Å². The first-order valence-electron chi connectivity index (χ1n) is 13.2. The number of benzene rings is 4. The lowest BCUT2D eigenvalue weighted by atomic mass is 10.0. The first kappa shape index (κ1) is 21.8. The topological polar surface area (TPSA) is 52.7 Å². The Morgan fingerprint density at radius 1 is 0.500 bits per heavy atom. The van der Waals surface area contributed by atoms with Crippen molar-refractivity contribution >= 4 is 54.7 Å². The van der Waals surface area contributed by atoms with E-state index in [0.29, 0.717) is 0 Å². The average Bonchev–Trinajstić information content (AvgIpc) is 3.63. The minimum absolute atomic E-state index is 0.826. The molecular formula is C34H20N4OS. The molecule has 9 rings (SSSR count). The van der Waals surface area contributed by atoms with Gasteiger partial charge in [-0.2, -0.15) is 0 Å². The molecule has 5 nitrogen and oxygen atoms in total. The van der Waals surface area contributed by atoms with E-state index in [1.54, 1.807) is 0 Å². The molecule has 0 unspecified atom stereocenters. The van der Waals surface area contributed by atoms with Crippen LogP contribution in [-0.4, -0.2) is 23.3 Å². The normalized spacial score (nSPS) is 13.0. The second kappa shape index (κ2) is 7.97. The van der Waals surface area contributed by atoms with Gasteiger partial charge in [0.1, 0.15) is 11.3 Å². The van der Waals surface area contributed by atoms with Crippen molar-refractivity contribution in [2.45, 2.75) is 9.79 Å². The highest BCUT2D eigenvalue weighted by Crippen LogP contribution is 2.44. The number of hydrogen-bond acceptors (Lipinski definition) is 3. The van der Waals surface area contributed by atoms with Crippen molar-refractivity contribution in [1.82, 2.24) is 19.1 Å². The molecule has 0 bridgehead atoms. The predicted molar refractivity (Wildman–Crippen MR) is 161 cm³/mol. The first-order valence-corrected chi connectivity index (χ1v) is 14.3. The van der Waals surface area contributed by atoms with E-state index in [1.807, 2.05) is 36.7 Å². The van der Waals surface area contributed by atoms with E-state index in [1.165, 1.54) is 0 Å². The quantitative estimate of drug-likeness (QED) is 0.228. The van der Waals surface area contributed by atoms with Crippen molar-refractivity contribution in [3.63, 3.8) is 0 Å². The number of pyridine rings is 2. The molecule has 4 aromatic heterocycles. The maximum atomic E-state index is 14.0. The van der Waals surface area contributed by atoms with Gasteiger partial charge in [0.15, 0.2) is 0 Å². The summed E-state index contributed by atoms with van der Waals surface area (Å²) in [5.74, 6) is 0. The second-order valence-electron chi connectivity index (χ2n) is 10.1. The van der Waals surface area contributed by atoms with Crippen LogP contribution in [0.5, 0.6) is 0 Å². The Labute approximate surface area is 231 Å². The fraction of sp³-hybridized carbons (Fsp3) is 0. The zero-order valence-corrected chi connectivity index (χ0v) is 22.0. The summed E-state index contributed by atoms with van der Waals surface area (Å²) in [5, 5.41) is 4.51. The minimum atomic E-state index is -1.32. The lowest BCUT2D eigenvalue weighted by molar-refractivity contribution is 0.685. The predicted octanol–water partition coefficient (Wildman–Crippen LogP) is 7.82. The summed E-state index contributed by atoms with van der Waals surface area (Å²) in [6, 6.07) is 37.4. The number of nitrogens with zero attached hydrogens (tertiary/aromatic N) is 4. The Morgan fingerprint density at radius 3 is 1.45 bits per heavy atom. The van der Waals surface area contributed by atoms with Gasteiger partial charge in [0.25, 0.3) is 0 Å². The lowest BCUT2D eigenvalue weighted by Gasteiger charge is -2.09. The van der Waals surface area contributed by atoms with E-state index >= 15 is 0 Å². The van der Waals surface area contributed by atoms with Crippen molar-refractivity contribution < 1.29 is 4.21 Å². The van der Waals surface area contributed by atoms with E-state index in [0.717, 1.165) is 76.2 Å². The largest absolute Gasteiger partial charge is 0.294 e. The zero-order chi connectivity index (χ0) is 26.4. The van der Waals surface area contributed by atoms with Crippen LogP contribution in [0.25, 0.3) is 66.4 Å². The summed E-state index contributed by atoms with van der Waals surface area (Å²) in [4.78, 5) is 11.1. The Balaban J connectivity index is 1.22. The van der Waals surface area contributed by atoms with Crippen LogP contribution < -0.4 is 0 Å². The summed E-state index contributed by atoms with van der Waals surface area (Å²) < 4.78 is 18.4. The summed E-state index contributed by atoms with van der Waals surface area (Å²) in [6.07, 6.45) is 3.65. The van der Waals surface area contributed by atoms with Crippen LogP contribution in [0.15, 0.2) is 131 Å².